The van der Waals surface area contributed by atoms with Crippen molar-refractivity contribution in [3.8, 4) is 0 Å². The first kappa shape index (κ1) is 23.6. The highest BCUT2D eigenvalue weighted by molar-refractivity contribution is 14.0. The van der Waals surface area contributed by atoms with Gasteiger partial charge >= 0.3 is 0 Å². The molecule has 1 N–H and O–H groups in total. The minimum atomic E-state index is 0. The minimum Gasteiger partial charge on any atom is -0.370 e. The summed E-state index contributed by atoms with van der Waals surface area (Å²) < 4.78 is 6.07. The molecule has 1 aromatic rings. The molecule has 1 aliphatic heterocycles. The SMILES string of the molecule is CCNC(=NCCCCSC)N1CCOC(c2ccc(C)cc2C)C1.I. The van der Waals surface area contributed by atoms with Crippen LogP contribution in [0, 0.1) is 13.8 Å². The third-order valence-electron chi connectivity index (χ3n) is 4.49. The first-order chi connectivity index (χ1) is 12.2. The van der Waals surface area contributed by atoms with Crippen LogP contribution in [0.2, 0.25) is 0 Å². The summed E-state index contributed by atoms with van der Waals surface area (Å²) in [7, 11) is 0. The van der Waals surface area contributed by atoms with E-state index in [-0.39, 0.29) is 30.1 Å². The third-order valence-corrected chi connectivity index (χ3v) is 5.19. The van der Waals surface area contributed by atoms with Crippen LogP contribution in [-0.4, -0.2) is 55.7 Å². The second-order valence-electron chi connectivity index (χ2n) is 6.60. The van der Waals surface area contributed by atoms with Crippen molar-refractivity contribution >= 4 is 41.7 Å². The normalized spacial score (nSPS) is 17.8. The van der Waals surface area contributed by atoms with E-state index in [1.165, 1.54) is 28.9 Å². The fourth-order valence-corrected chi connectivity index (χ4v) is 3.68. The van der Waals surface area contributed by atoms with E-state index in [0.29, 0.717) is 0 Å². The van der Waals surface area contributed by atoms with Gasteiger partial charge in [0.15, 0.2) is 5.96 Å². The number of rotatable bonds is 7. The zero-order valence-electron chi connectivity index (χ0n) is 16.6. The van der Waals surface area contributed by atoms with Crippen LogP contribution in [-0.2, 0) is 4.74 Å². The number of thioether (sulfide) groups is 1. The van der Waals surface area contributed by atoms with Crippen LogP contribution < -0.4 is 5.32 Å². The van der Waals surface area contributed by atoms with E-state index in [4.69, 9.17) is 9.73 Å². The summed E-state index contributed by atoms with van der Waals surface area (Å²) in [5, 5.41) is 3.45. The van der Waals surface area contributed by atoms with Crippen LogP contribution in [0.15, 0.2) is 23.2 Å². The lowest BCUT2D eigenvalue weighted by atomic mass is 10.00. The van der Waals surface area contributed by atoms with Crippen molar-refractivity contribution in [1.29, 1.82) is 0 Å². The van der Waals surface area contributed by atoms with Crippen LogP contribution in [0.1, 0.15) is 42.6 Å². The van der Waals surface area contributed by atoms with Crippen molar-refractivity contribution < 1.29 is 4.74 Å². The van der Waals surface area contributed by atoms with Crippen molar-refractivity contribution in [2.45, 2.75) is 39.7 Å². The first-order valence-electron chi connectivity index (χ1n) is 9.36. The highest BCUT2D eigenvalue weighted by Crippen LogP contribution is 2.25. The summed E-state index contributed by atoms with van der Waals surface area (Å²) in [6.45, 7) is 10.7. The molecule has 0 aliphatic carbocycles. The highest BCUT2D eigenvalue weighted by Gasteiger charge is 2.25. The van der Waals surface area contributed by atoms with Gasteiger partial charge in [-0.2, -0.15) is 11.8 Å². The smallest absolute Gasteiger partial charge is 0.194 e. The summed E-state index contributed by atoms with van der Waals surface area (Å²) in [4.78, 5) is 7.19. The molecule has 4 nitrogen and oxygen atoms in total. The van der Waals surface area contributed by atoms with E-state index in [9.17, 15) is 0 Å². The molecule has 0 radical (unpaired) electrons. The van der Waals surface area contributed by atoms with Crippen LogP contribution in [0.25, 0.3) is 0 Å². The van der Waals surface area contributed by atoms with Crippen molar-refractivity contribution in [2.24, 2.45) is 4.99 Å². The van der Waals surface area contributed by atoms with E-state index < -0.39 is 0 Å². The van der Waals surface area contributed by atoms with Crippen molar-refractivity contribution in [3.05, 3.63) is 34.9 Å². The lowest BCUT2D eigenvalue weighted by molar-refractivity contribution is -0.00833. The number of guanidine groups is 1. The molecule has 0 bridgehead atoms. The topological polar surface area (TPSA) is 36.9 Å². The van der Waals surface area contributed by atoms with E-state index in [1.54, 1.807) is 0 Å². The number of morpholine rings is 1. The zero-order chi connectivity index (χ0) is 18.1. The molecule has 1 aliphatic rings. The van der Waals surface area contributed by atoms with Gasteiger partial charge in [-0.3, -0.25) is 4.99 Å². The number of nitrogens with one attached hydrogen (secondary N) is 1. The molecule has 1 unspecified atom stereocenters. The average molecular weight is 491 g/mol. The van der Waals surface area contributed by atoms with Crippen molar-refractivity contribution in [1.82, 2.24) is 10.2 Å². The first-order valence-corrected chi connectivity index (χ1v) is 10.8. The van der Waals surface area contributed by atoms with Gasteiger partial charge in [-0.25, -0.2) is 0 Å². The number of hydrogen-bond donors (Lipinski definition) is 1. The molecular formula is C20H34IN3OS. The fourth-order valence-electron chi connectivity index (χ4n) is 3.19. The highest BCUT2D eigenvalue weighted by atomic mass is 127. The van der Waals surface area contributed by atoms with E-state index in [2.05, 4.69) is 55.4 Å². The maximum absolute atomic E-state index is 6.07. The van der Waals surface area contributed by atoms with Crippen LogP contribution in [0.3, 0.4) is 0 Å². The maximum Gasteiger partial charge on any atom is 0.194 e. The Bertz CT molecular complexity index is 568. The molecule has 1 heterocycles. The van der Waals surface area contributed by atoms with Gasteiger partial charge in [-0.05, 0) is 56.7 Å². The number of unbranched alkanes of at least 4 members (excludes halogenated alkanes) is 1. The lowest BCUT2D eigenvalue weighted by Crippen LogP contribution is -2.48. The molecule has 1 atom stereocenters. The minimum absolute atomic E-state index is 0. The van der Waals surface area contributed by atoms with E-state index >= 15 is 0 Å². The predicted octanol–water partition coefficient (Wildman–Crippen LogP) is 4.40. The van der Waals surface area contributed by atoms with Crippen LogP contribution >= 0.6 is 35.7 Å². The molecule has 0 aromatic heterocycles. The number of aliphatic imine (C=N–C) groups is 1. The molecule has 0 amide bonds. The zero-order valence-corrected chi connectivity index (χ0v) is 19.7. The van der Waals surface area contributed by atoms with Crippen LogP contribution in [0.5, 0.6) is 0 Å². The molecule has 6 heteroatoms. The number of aryl methyl sites for hydroxylation is 2. The molecule has 2 rings (SSSR count). The molecule has 1 saturated heterocycles. The largest absolute Gasteiger partial charge is 0.370 e. The number of halogens is 1. The second-order valence-corrected chi connectivity index (χ2v) is 7.59. The maximum atomic E-state index is 6.07. The Hall–Kier alpha value is -0.470. The Kier molecular flexibility index (Phi) is 11.6. The van der Waals surface area contributed by atoms with Crippen LogP contribution in [0.4, 0.5) is 0 Å². The number of ether oxygens (including phenoxy) is 1. The molecule has 26 heavy (non-hydrogen) atoms. The third kappa shape index (κ3) is 7.27. The summed E-state index contributed by atoms with van der Waals surface area (Å²) in [5.41, 5.74) is 3.91. The summed E-state index contributed by atoms with van der Waals surface area (Å²) in [5.74, 6) is 2.25. The van der Waals surface area contributed by atoms with Gasteiger partial charge in [0.2, 0.25) is 0 Å². The van der Waals surface area contributed by atoms with Crippen molar-refractivity contribution in [2.75, 3.05) is 44.8 Å². The summed E-state index contributed by atoms with van der Waals surface area (Å²) >= 11 is 1.91. The molecule has 148 valence electrons. The molecular weight excluding hydrogens is 457 g/mol. The Morgan fingerprint density at radius 3 is 2.85 bits per heavy atom. The standard InChI is InChI=1S/C20H33N3OS.HI/c1-5-21-20(22-10-6-7-13-25-4)23-11-12-24-19(15-23)18-9-8-16(2)14-17(18)3;/h8-9,14,19H,5-7,10-13,15H2,1-4H3,(H,21,22);1H. The molecule has 0 spiro atoms. The molecule has 1 aromatic carbocycles. The van der Waals surface area contributed by atoms with Gasteiger partial charge in [0, 0.05) is 19.6 Å². The van der Waals surface area contributed by atoms with Gasteiger partial charge in [0.05, 0.1) is 13.2 Å². The fraction of sp³-hybridized carbons (Fsp3) is 0.650. The molecule has 1 fully saturated rings. The number of nitrogens with zero attached hydrogens (tertiary/aromatic N) is 2. The Labute approximate surface area is 180 Å². The van der Waals surface area contributed by atoms with E-state index in [0.717, 1.165) is 45.2 Å². The Morgan fingerprint density at radius 2 is 2.15 bits per heavy atom. The number of benzene rings is 1. The average Bonchev–Trinajstić information content (AvgIpc) is 2.61. The summed E-state index contributed by atoms with van der Waals surface area (Å²) in [6.07, 6.45) is 4.67. The van der Waals surface area contributed by atoms with Gasteiger partial charge < -0.3 is 15.0 Å². The van der Waals surface area contributed by atoms with Gasteiger partial charge in [0.1, 0.15) is 6.10 Å². The number of hydrogen-bond acceptors (Lipinski definition) is 3. The van der Waals surface area contributed by atoms with Crippen molar-refractivity contribution in [3.63, 3.8) is 0 Å². The Balaban J connectivity index is 0.00000338. The van der Waals surface area contributed by atoms with Gasteiger partial charge in [0.25, 0.3) is 0 Å². The monoisotopic (exact) mass is 491 g/mol. The lowest BCUT2D eigenvalue weighted by Gasteiger charge is -2.36. The predicted molar refractivity (Wildman–Crippen MR) is 125 cm³/mol. The van der Waals surface area contributed by atoms with E-state index in [1.807, 2.05) is 11.8 Å². The second kappa shape index (κ2) is 12.8. The van der Waals surface area contributed by atoms with Gasteiger partial charge in [-0.15, -0.1) is 24.0 Å². The molecule has 0 saturated carbocycles. The quantitative estimate of drug-likeness (QED) is 0.266. The van der Waals surface area contributed by atoms with Gasteiger partial charge in [-0.1, -0.05) is 23.8 Å². The summed E-state index contributed by atoms with van der Waals surface area (Å²) in [6, 6.07) is 6.63. The Morgan fingerprint density at radius 1 is 1.35 bits per heavy atom.